The number of hydrogen-bond donors (Lipinski definition) is 2. The van der Waals surface area contributed by atoms with Gasteiger partial charge in [-0.25, -0.2) is 4.79 Å². The van der Waals surface area contributed by atoms with Gasteiger partial charge in [-0.1, -0.05) is 30.7 Å². The minimum Gasteiger partial charge on any atom is -0.468 e. The lowest BCUT2D eigenvalue weighted by molar-refractivity contribution is 0.222. The Hall–Kier alpha value is -1.98. The summed E-state index contributed by atoms with van der Waals surface area (Å²) in [5, 5.41) is 6.61. The Kier molecular flexibility index (Phi) is 6.70. The van der Waals surface area contributed by atoms with E-state index >= 15 is 0 Å². The van der Waals surface area contributed by atoms with Crippen LogP contribution in [0.3, 0.4) is 0 Å². The van der Waals surface area contributed by atoms with Crippen LogP contribution in [-0.2, 0) is 0 Å². The number of rotatable bonds is 7. The van der Waals surface area contributed by atoms with E-state index in [0.717, 1.165) is 17.7 Å². The molecule has 5 nitrogen and oxygen atoms in total. The van der Waals surface area contributed by atoms with Crippen molar-refractivity contribution in [2.75, 3.05) is 20.6 Å². The van der Waals surface area contributed by atoms with Crippen molar-refractivity contribution in [1.29, 1.82) is 0 Å². The van der Waals surface area contributed by atoms with Crippen molar-refractivity contribution in [3.63, 3.8) is 0 Å². The highest BCUT2D eigenvalue weighted by atomic mass is 35.5. The highest BCUT2D eigenvalue weighted by Crippen LogP contribution is 2.20. The number of nitrogens with one attached hydrogen (secondary N) is 2. The average molecular weight is 350 g/mol. The lowest BCUT2D eigenvalue weighted by Crippen LogP contribution is -2.41. The largest absolute Gasteiger partial charge is 0.468 e. The third-order valence-electron chi connectivity index (χ3n) is 3.94. The predicted octanol–water partition coefficient (Wildman–Crippen LogP) is 3.99. The van der Waals surface area contributed by atoms with Crippen LogP contribution in [-0.4, -0.2) is 31.6 Å². The zero-order valence-corrected chi connectivity index (χ0v) is 15.0. The maximum Gasteiger partial charge on any atom is 0.315 e. The molecule has 1 aromatic carbocycles. The fourth-order valence-corrected chi connectivity index (χ4v) is 2.66. The van der Waals surface area contributed by atoms with Gasteiger partial charge in [-0.2, -0.15) is 0 Å². The van der Waals surface area contributed by atoms with Crippen molar-refractivity contribution in [2.45, 2.75) is 25.4 Å². The second kappa shape index (κ2) is 8.76. The summed E-state index contributed by atoms with van der Waals surface area (Å²) in [5.74, 6) is 0.824. The third kappa shape index (κ3) is 5.01. The molecular formula is C18H24ClN3O2. The van der Waals surface area contributed by atoms with Gasteiger partial charge in [-0.3, -0.25) is 4.90 Å². The molecule has 0 aliphatic heterocycles. The summed E-state index contributed by atoms with van der Waals surface area (Å²) in [6.45, 7) is 2.49. The van der Waals surface area contributed by atoms with Crippen molar-refractivity contribution in [3.05, 3.63) is 59.0 Å². The van der Waals surface area contributed by atoms with Gasteiger partial charge in [-0.05, 0) is 50.3 Å². The maximum absolute atomic E-state index is 12.3. The number of likely N-dealkylation sites (N-methyl/N-ethyl adjacent to an activating group) is 1. The zero-order valence-electron chi connectivity index (χ0n) is 14.3. The van der Waals surface area contributed by atoms with Crippen LogP contribution in [0.25, 0.3) is 0 Å². The van der Waals surface area contributed by atoms with Gasteiger partial charge >= 0.3 is 6.03 Å². The highest BCUT2D eigenvalue weighted by molar-refractivity contribution is 6.30. The smallest absolute Gasteiger partial charge is 0.315 e. The maximum atomic E-state index is 12.3. The van der Waals surface area contributed by atoms with Gasteiger partial charge < -0.3 is 15.1 Å². The Morgan fingerprint density at radius 2 is 1.96 bits per heavy atom. The SMILES string of the molecule is CCC(NC(=O)NCC(c1ccco1)N(C)C)c1ccc(Cl)cc1. The fourth-order valence-electron chi connectivity index (χ4n) is 2.53. The van der Waals surface area contributed by atoms with Crippen LogP contribution in [0.4, 0.5) is 4.79 Å². The zero-order chi connectivity index (χ0) is 17.5. The van der Waals surface area contributed by atoms with Crippen LogP contribution in [0.1, 0.15) is 36.8 Å². The van der Waals surface area contributed by atoms with Crippen LogP contribution >= 0.6 is 11.6 Å². The molecule has 2 atom stereocenters. The van der Waals surface area contributed by atoms with E-state index in [-0.39, 0.29) is 18.1 Å². The van der Waals surface area contributed by atoms with Crippen LogP contribution in [0.15, 0.2) is 47.1 Å². The Morgan fingerprint density at radius 3 is 2.50 bits per heavy atom. The lowest BCUT2D eigenvalue weighted by atomic mass is 10.1. The van der Waals surface area contributed by atoms with Gasteiger partial charge in [0.05, 0.1) is 18.3 Å². The van der Waals surface area contributed by atoms with E-state index in [1.165, 1.54) is 0 Å². The molecule has 6 heteroatoms. The van der Waals surface area contributed by atoms with E-state index < -0.39 is 0 Å². The number of nitrogens with zero attached hydrogens (tertiary/aromatic N) is 1. The molecule has 0 radical (unpaired) electrons. The molecule has 2 amide bonds. The molecule has 0 aliphatic carbocycles. The molecule has 0 spiro atoms. The van der Waals surface area contributed by atoms with Crippen LogP contribution in [0, 0.1) is 0 Å². The molecule has 0 bridgehead atoms. The molecule has 2 aromatic rings. The normalized spacial score (nSPS) is 13.5. The summed E-state index contributed by atoms with van der Waals surface area (Å²) >= 11 is 5.92. The van der Waals surface area contributed by atoms with E-state index in [9.17, 15) is 4.79 Å². The first-order chi connectivity index (χ1) is 11.5. The number of carbonyl (C=O) groups is 1. The van der Waals surface area contributed by atoms with Crippen molar-refractivity contribution >= 4 is 17.6 Å². The monoisotopic (exact) mass is 349 g/mol. The van der Waals surface area contributed by atoms with Crippen molar-refractivity contribution in [2.24, 2.45) is 0 Å². The lowest BCUT2D eigenvalue weighted by Gasteiger charge is -2.24. The molecule has 0 saturated heterocycles. The Balaban J connectivity index is 1.92. The molecule has 24 heavy (non-hydrogen) atoms. The van der Waals surface area contributed by atoms with E-state index in [1.54, 1.807) is 6.26 Å². The van der Waals surface area contributed by atoms with E-state index in [1.807, 2.05) is 62.3 Å². The number of amides is 2. The minimum absolute atomic E-state index is 0.0126. The van der Waals surface area contributed by atoms with Crippen molar-refractivity contribution < 1.29 is 9.21 Å². The van der Waals surface area contributed by atoms with Crippen LogP contribution in [0.2, 0.25) is 5.02 Å². The third-order valence-corrected chi connectivity index (χ3v) is 4.19. The van der Waals surface area contributed by atoms with Gasteiger partial charge in [0.15, 0.2) is 0 Å². The molecule has 1 aromatic heterocycles. The first kappa shape index (κ1) is 18.4. The number of carbonyl (C=O) groups excluding carboxylic acids is 1. The second-order valence-electron chi connectivity index (χ2n) is 5.86. The summed E-state index contributed by atoms with van der Waals surface area (Å²) in [4.78, 5) is 14.3. The summed E-state index contributed by atoms with van der Waals surface area (Å²) in [7, 11) is 3.91. The second-order valence-corrected chi connectivity index (χ2v) is 6.30. The molecule has 130 valence electrons. The fraction of sp³-hybridized carbons (Fsp3) is 0.389. The summed E-state index contributed by atoms with van der Waals surface area (Å²) in [6.07, 6.45) is 2.43. The molecule has 2 N–H and O–H groups in total. The molecule has 2 rings (SSSR count). The summed E-state index contributed by atoms with van der Waals surface area (Å²) < 4.78 is 5.45. The standard InChI is InChI=1S/C18H24ClN3O2/c1-4-15(13-7-9-14(19)10-8-13)21-18(23)20-12-16(22(2)3)17-6-5-11-24-17/h5-11,15-16H,4,12H2,1-3H3,(H2,20,21,23). The number of furan rings is 1. The molecule has 2 unspecified atom stereocenters. The first-order valence-electron chi connectivity index (χ1n) is 8.01. The minimum atomic E-state index is -0.199. The number of halogens is 1. The molecule has 0 aliphatic rings. The Labute approximate surface area is 148 Å². The van der Waals surface area contributed by atoms with Gasteiger partial charge in [0.2, 0.25) is 0 Å². The quantitative estimate of drug-likeness (QED) is 0.794. The molecule has 0 saturated carbocycles. The number of benzene rings is 1. The van der Waals surface area contributed by atoms with E-state index in [2.05, 4.69) is 10.6 Å². The molecule has 0 fully saturated rings. The van der Waals surface area contributed by atoms with Gasteiger partial charge in [0.25, 0.3) is 0 Å². The summed E-state index contributed by atoms with van der Waals surface area (Å²) in [5.41, 5.74) is 1.03. The van der Waals surface area contributed by atoms with Crippen LogP contribution < -0.4 is 10.6 Å². The Morgan fingerprint density at radius 1 is 1.25 bits per heavy atom. The highest BCUT2D eigenvalue weighted by Gasteiger charge is 2.19. The van der Waals surface area contributed by atoms with Crippen molar-refractivity contribution in [1.82, 2.24) is 15.5 Å². The predicted molar refractivity (Wildman–Crippen MR) is 96.2 cm³/mol. The number of hydrogen-bond acceptors (Lipinski definition) is 3. The van der Waals surface area contributed by atoms with Crippen LogP contribution in [0.5, 0.6) is 0 Å². The first-order valence-corrected chi connectivity index (χ1v) is 8.38. The van der Waals surface area contributed by atoms with E-state index in [0.29, 0.717) is 11.6 Å². The topological polar surface area (TPSA) is 57.5 Å². The Bertz CT molecular complexity index is 626. The average Bonchev–Trinajstić information content (AvgIpc) is 3.07. The summed E-state index contributed by atoms with van der Waals surface area (Å²) in [6, 6.07) is 11.0. The number of urea groups is 1. The van der Waals surface area contributed by atoms with Gasteiger partial charge in [-0.15, -0.1) is 0 Å². The van der Waals surface area contributed by atoms with Crippen molar-refractivity contribution in [3.8, 4) is 0 Å². The molecular weight excluding hydrogens is 326 g/mol. The van der Waals surface area contributed by atoms with Gasteiger partial charge in [0.1, 0.15) is 5.76 Å². The van der Waals surface area contributed by atoms with E-state index in [4.69, 9.17) is 16.0 Å². The molecule has 1 heterocycles. The van der Waals surface area contributed by atoms with Gasteiger partial charge in [0, 0.05) is 11.6 Å².